The Labute approximate surface area is 116 Å². The van der Waals surface area contributed by atoms with Gasteiger partial charge in [-0.3, -0.25) is 0 Å². The Kier molecular flexibility index (Phi) is 5.17. The molecule has 13 heavy (non-hydrogen) atoms. The molecule has 0 aliphatic carbocycles. The van der Waals surface area contributed by atoms with Gasteiger partial charge in [-0.25, -0.2) is 4.39 Å². The van der Waals surface area contributed by atoms with Gasteiger partial charge in [0, 0.05) is 0 Å². The van der Waals surface area contributed by atoms with Gasteiger partial charge in [-0.15, -0.1) is 0 Å². The van der Waals surface area contributed by atoms with E-state index in [9.17, 15) is 17.3 Å². The predicted octanol–water partition coefficient (Wildman–Crippen LogP) is -0.807. The van der Waals surface area contributed by atoms with Crippen LogP contribution in [-0.2, 0) is 0 Å². The Morgan fingerprint density at radius 3 is 2.08 bits per heavy atom. The summed E-state index contributed by atoms with van der Waals surface area (Å²) >= 11 is 0. The van der Waals surface area contributed by atoms with Gasteiger partial charge in [0.1, 0.15) is 0 Å². The fourth-order valence-electron chi connectivity index (χ4n) is 0.898. The van der Waals surface area contributed by atoms with Crippen LogP contribution in [0.5, 0.6) is 0 Å². The minimum Gasteiger partial charge on any atom is -0.445 e. The van der Waals surface area contributed by atoms with E-state index in [1.165, 1.54) is 13.0 Å². The van der Waals surface area contributed by atoms with Crippen molar-refractivity contribution in [2.75, 3.05) is 0 Å². The molecule has 0 fully saturated rings. The molecule has 0 unspecified atom stereocenters. The van der Waals surface area contributed by atoms with Gasteiger partial charge in [-0.1, -0.05) is 17.6 Å². The number of rotatable bonds is 1. The zero-order valence-electron chi connectivity index (χ0n) is 7.32. The van der Waals surface area contributed by atoms with Crippen LogP contribution in [0.3, 0.4) is 0 Å². The number of hydrogen-bond acceptors (Lipinski definition) is 0. The smallest absolute Gasteiger partial charge is 0.445 e. The van der Waals surface area contributed by atoms with Gasteiger partial charge in [0.25, 0.3) is 0 Å². The van der Waals surface area contributed by atoms with Crippen LogP contribution in [-0.4, -0.2) is 6.98 Å². The second-order valence-electron chi connectivity index (χ2n) is 2.60. The maximum Gasteiger partial charge on any atom is 1.00 e. The van der Waals surface area contributed by atoms with E-state index in [4.69, 9.17) is 0 Å². The van der Waals surface area contributed by atoms with Crippen LogP contribution in [0.4, 0.5) is 17.3 Å². The third kappa shape index (κ3) is 3.71. The predicted molar refractivity (Wildman–Crippen MR) is 39.8 cm³/mol. The van der Waals surface area contributed by atoms with Crippen LogP contribution < -0.4 is 56.8 Å². The van der Waals surface area contributed by atoms with Crippen molar-refractivity contribution in [2.45, 2.75) is 6.92 Å². The molecule has 6 heteroatoms. The zero-order chi connectivity index (χ0) is 9.35. The Bertz CT molecular complexity index is 297. The van der Waals surface area contributed by atoms with Crippen LogP contribution in [0.2, 0.25) is 0 Å². The molecule has 1 rings (SSSR count). The summed E-state index contributed by atoms with van der Waals surface area (Å²) in [5, 5.41) is 0. The number of halogens is 4. The number of aryl methyl sites for hydroxylation is 1. The minimum atomic E-state index is -5.22. The van der Waals surface area contributed by atoms with E-state index in [0.717, 1.165) is 12.1 Å². The second kappa shape index (κ2) is 4.93. The zero-order valence-corrected chi connectivity index (χ0v) is 10.4. The van der Waals surface area contributed by atoms with Crippen LogP contribution in [0.15, 0.2) is 18.2 Å². The van der Waals surface area contributed by atoms with Crippen molar-refractivity contribution in [3.8, 4) is 0 Å². The number of benzene rings is 1. The van der Waals surface area contributed by atoms with Gasteiger partial charge < -0.3 is 12.9 Å². The van der Waals surface area contributed by atoms with E-state index in [0.29, 0.717) is 5.56 Å². The third-order valence-corrected chi connectivity index (χ3v) is 1.51. The first kappa shape index (κ1) is 13.6. The molecule has 1 aromatic carbocycles. The first-order valence-electron chi connectivity index (χ1n) is 3.37. The Balaban J connectivity index is 0.00000144. The van der Waals surface area contributed by atoms with Crippen LogP contribution in [0, 0.1) is 12.7 Å². The molecule has 0 N–H and O–H groups in total. The molecule has 0 aliphatic rings. The van der Waals surface area contributed by atoms with E-state index >= 15 is 0 Å². The SMILES string of the molecule is Cc1ccc([B-](F)(F)F)c(F)c1.[K+]. The monoisotopic (exact) mass is 216 g/mol. The molecule has 66 valence electrons. The summed E-state index contributed by atoms with van der Waals surface area (Å²) in [6, 6.07) is 2.89. The van der Waals surface area contributed by atoms with Gasteiger partial charge in [0.15, 0.2) is 0 Å². The molecule has 0 saturated heterocycles. The van der Waals surface area contributed by atoms with Crippen LogP contribution in [0.1, 0.15) is 5.56 Å². The average molecular weight is 216 g/mol. The quantitative estimate of drug-likeness (QED) is 0.425. The van der Waals surface area contributed by atoms with Crippen molar-refractivity contribution in [2.24, 2.45) is 0 Å². The molecule has 0 spiro atoms. The fraction of sp³-hybridized carbons (Fsp3) is 0.143. The third-order valence-electron chi connectivity index (χ3n) is 1.51. The normalized spacial score (nSPS) is 10.8. The van der Waals surface area contributed by atoms with Crippen molar-refractivity contribution >= 4 is 12.4 Å². The molecule has 0 atom stereocenters. The van der Waals surface area contributed by atoms with Crippen molar-refractivity contribution in [3.05, 3.63) is 29.6 Å². The average Bonchev–Trinajstić information content (AvgIpc) is 1.83. The molecule has 0 saturated carbocycles. The summed E-state index contributed by atoms with van der Waals surface area (Å²) in [4.78, 5) is 0. The summed E-state index contributed by atoms with van der Waals surface area (Å²) < 4.78 is 48.7. The maximum absolute atomic E-state index is 12.6. The molecule has 1 aromatic rings. The maximum atomic E-state index is 12.6. The first-order valence-corrected chi connectivity index (χ1v) is 3.37. The summed E-state index contributed by atoms with van der Waals surface area (Å²) in [6.07, 6.45) is 0. The summed E-state index contributed by atoms with van der Waals surface area (Å²) in [6.45, 7) is -3.68. The topological polar surface area (TPSA) is 0 Å². The molecule has 0 amide bonds. The van der Waals surface area contributed by atoms with E-state index < -0.39 is 18.3 Å². The molecular formula is C7H6BF4K. The Hall–Kier alpha value is 0.641. The van der Waals surface area contributed by atoms with E-state index in [1.54, 1.807) is 0 Å². The van der Waals surface area contributed by atoms with E-state index in [2.05, 4.69) is 0 Å². The summed E-state index contributed by atoms with van der Waals surface area (Å²) in [7, 11) is 0. The molecule has 0 aromatic heterocycles. The Morgan fingerprint density at radius 1 is 1.15 bits per heavy atom. The van der Waals surface area contributed by atoms with E-state index in [-0.39, 0.29) is 51.4 Å². The van der Waals surface area contributed by atoms with Crippen molar-refractivity contribution in [1.82, 2.24) is 0 Å². The van der Waals surface area contributed by atoms with Gasteiger partial charge >= 0.3 is 58.4 Å². The molecule has 0 radical (unpaired) electrons. The minimum absolute atomic E-state index is 0. The van der Waals surface area contributed by atoms with Crippen LogP contribution >= 0.6 is 0 Å². The first-order chi connectivity index (χ1) is 5.41. The Morgan fingerprint density at radius 2 is 1.69 bits per heavy atom. The molecule has 0 heterocycles. The van der Waals surface area contributed by atoms with Crippen molar-refractivity contribution in [3.63, 3.8) is 0 Å². The van der Waals surface area contributed by atoms with Crippen molar-refractivity contribution < 1.29 is 68.7 Å². The molecular weight excluding hydrogens is 210 g/mol. The molecule has 0 nitrogen and oxygen atoms in total. The van der Waals surface area contributed by atoms with Crippen LogP contribution in [0.25, 0.3) is 0 Å². The van der Waals surface area contributed by atoms with Gasteiger partial charge in [0.05, 0.1) is 5.82 Å². The van der Waals surface area contributed by atoms with E-state index in [1.807, 2.05) is 0 Å². The number of hydrogen-bond donors (Lipinski definition) is 0. The standard InChI is InChI=1S/C7H6BF4.K/c1-5-2-3-6(7(9)4-5)8(10,11)12;/h2-4H,1H3;/q-1;+1. The molecule has 0 aliphatic heterocycles. The second-order valence-corrected chi connectivity index (χ2v) is 2.60. The fourth-order valence-corrected chi connectivity index (χ4v) is 0.898. The van der Waals surface area contributed by atoms with Gasteiger partial charge in [0.2, 0.25) is 0 Å². The summed E-state index contributed by atoms with van der Waals surface area (Å²) in [5.74, 6) is -1.19. The molecule has 0 bridgehead atoms. The van der Waals surface area contributed by atoms with Gasteiger partial charge in [-0.2, -0.15) is 0 Å². The van der Waals surface area contributed by atoms with Gasteiger partial charge in [-0.05, 0) is 18.6 Å². The largest absolute Gasteiger partial charge is 1.00 e. The summed E-state index contributed by atoms with van der Waals surface area (Å²) in [5.41, 5.74) is -0.670. The van der Waals surface area contributed by atoms with Crippen molar-refractivity contribution in [1.29, 1.82) is 0 Å².